The first kappa shape index (κ1) is 18.7. The average Bonchev–Trinajstić information content (AvgIpc) is 2.50. The monoisotopic (exact) mass is 320 g/mol. The van der Waals surface area contributed by atoms with E-state index in [1.54, 1.807) is 32.0 Å². The van der Waals surface area contributed by atoms with E-state index >= 15 is 0 Å². The molecule has 0 heterocycles. The molecule has 0 fully saturated rings. The van der Waals surface area contributed by atoms with Crippen molar-refractivity contribution in [3.05, 3.63) is 35.4 Å². The summed E-state index contributed by atoms with van der Waals surface area (Å²) in [7, 11) is 0. The molecule has 0 aliphatic rings. The van der Waals surface area contributed by atoms with Crippen molar-refractivity contribution in [1.29, 1.82) is 0 Å². The highest BCUT2D eigenvalue weighted by Gasteiger charge is 2.22. The molecule has 23 heavy (non-hydrogen) atoms. The lowest BCUT2D eigenvalue weighted by Crippen LogP contribution is -2.43. The summed E-state index contributed by atoms with van der Waals surface area (Å²) in [6, 6.07) is 6.46. The SMILES string of the molecule is CCCNC(=O)c1cccc(C(=O)NC(C)(C)CCC(=O)O)c1. The van der Waals surface area contributed by atoms with Crippen LogP contribution in [0.15, 0.2) is 24.3 Å². The molecule has 1 aromatic carbocycles. The van der Waals surface area contributed by atoms with Gasteiger partial charge in [0.05, 0.1) is 0 Å². The third-order valence-electron chi connectivity index (χ3n) is 3.34. The molecule has 1 aromatic rings. The fourth-order valence-corrected chi connectivity index (χ4v) is 2.00. The van der Waals surface area contributed by atoms with Gasteiger partial charge in [-0.2, -0.15) is 0 Å². The van der Waals surface area contributed by atoms with E-state index in [9.17, 15) is 14.4 Å². The van der Waals surface area contributed by atoms with Gasteiger partial charge in [0.25, 0.3) is 11.8 Å². The maximum atomic E-state index is 12.3. The summed E-state index contributed by atoms with van der Waals surface area (Å²) in [5, 5.41) is 14.3. The van der Waals surface area contributed by atoms with E-state index in [0.29, 0.717) is 24.1 Å². The minimum absolute atomic E-state index is 0.0211. The molecule has 0 aromatic heterocycles. The van der Waals surface area contributed by atoms with Crippen LogP contribution in [0.5, 0.6) is 0 Å². The lowest BCUT2D eigenvalue weighted by atomic mass is 9.97. The van der Waals surface area contributed by atoms with Crippen LogP contribution >= 0.6 is 0 Å². The predicted octanol–water partition coefficient (Wildman–Crippen LogP) is 2.20. The van der Waals surface area contributed by atoms with Crippen LogP contribution in [0.1, 0.15) is 60.7 Å². The van der Waals surface area contributed by atoms with Gasteiger partial charge in [-0.15, -0.1) is 0 Å². The maximum Gasteiger partial charge on any atom is 0.303 e. The molecular weight excluding hydrogens is 296 g/mol. The molecule has 0 saturated carbocycles. The van der Waals surface area contributed by atoms with Gasteiger partial charge in [0, 0.05) is 29.6 Å². The predicted molar refractivity (Wildman–Crippen MR) is 87.5 cm³/mol. The molecule has 0 bridgehead atoms. The highest BCUT2D eigenvalue weighted by molar-refractivity contribution is 5.99. The summed E-state index contributed by atoms with van der Waals surface area (Å²) in [6.07, 6.45) is 1.14. The normalized spacial score (nSPS) is 10.9. The van der Waals surface area contributed by atoms with E-state index in [2.05, 4.69) is 10.6 Å². The second-order valence-corrected chi connectivity index (χ2v) is 6.07. The maximum absolute atomic E-state index is 12.3. The third-order valence-corrected chi connectivity index (χ3v) is 3.34. The van der Waals surface area contributed by atoms with Crippen LogP contribution in [0.25, 0.3) is 0 Å². The molecule has 0 unspecified atom stereocenters. The molecule has 0 atom stereocenters. The number of nitrogens with one attached hydrogen (secondary N) is 2. The minimum Gasteiger partial charge on any atom is -0.481 e. The topological polar surface area (TPSA) is 95.5 Å². The summed E-state index contributed by atoms with van der Waals surface area (Å²) >= 11 is 0. The largest absolute Gasteiger partial charge is 0.481 e. The van der Waals surface area contributed by atoms with Gasteiger partial charge in [0.2, 0.25) is 0 Å². The molecule has 0 aliphatic carbocycles. The second-order valence-electron chi connectivity index (χ2n) is 6.07. The van der Waals surface area contributed by atoms with Gasteiger partial charge < -0.3 is 15.7 Å². The highest BCUT2D eigenvalue weighted by Crippen LogP contribution is 2.13. The summed E-state index contributed by atoms with van der Waals surface area (Å²) in [5.41, 5.74) is 0.155. The number of carboxylic acids is 1. The van der Waals surface area contributed by atoms with E-state index in [4.69, 9.17) is 5.11 Å². The highest BCUT2D eigenvalue weighted by atomic mass is 16.4. The van der Waals surface area contributed by atoms with Gasteiger partial charge in [-0.25, -0.2) is 0 Å². The number of hydrogen-bond donors (Lipinski definition) is 3. The van der Waals surface area contributed by atoms with E-state index in [-0.39, 0.29) is 18.2 Å². The number of amides is 2. The van der Waals surface area contributed by atoms with Crippen molar-refractivity contribution >= 4 is 17.8 Å². The molecule has 1 rings (SSSR count). The Balaban J connectivity index is 2.76. The fourth-order valence-electron chi connectivity index (χ4n) is 2.00. The zero-order valence-corrected chi connectivity index (χ0v) is 13.8. The molecule has 3 N–H and O–H groups in total. The van der Waals surface area contributed by atoms with E-state index in [1.165, 1.54) is 6.07 Å². The second kappa shape index (κ2) is 8.31. The number of benzene rings is 1. The van der Waals surface area contributed by atoms with Crippen molar-refractivity contribution in [2.24, 2.45) is 0 Å². The van der Waals surface area contributed by atoms with Gasteiger partial charge in [-0.3, -0.25) is 14.4 Å². The van der Waals surface area contributed by atoms with Crippen molar-refractivity contribution in [3.63, 3.8) is 0 Å². The van der Waals surface area contributed by atoms with E-state index in [1.807, 2.05) is 6.92 Å². The first-order chi connectivity index (χ1) is 10.7. The number of aliphatic carboxylic acids is 1. The zero-order chi connectivity index (χ0) is 17.5. The van der Waals surface area contributed by atoms with Crippen molar-refractivity contribution in [3.8, 4) is 0 Å². The molecule has 0 spiro atoms. The molecule has 0 radical (unpaired) electrons. The molecule has 6 nitrogen and oxygen atoms in total. The molecule has 6 heteroatoms. The first-order valence-electron chi connectivity index (χ1n) is 7.68. The average molecular weight is 320 g/mol. The minimum atomic E-state index is -0.901. The number of hydrogen-bond acceptors (Lipinski definition) is 3. The Labute approximate surface area is 136 Å². The van der Waals surface area contributed by atoms with Gasteiger partial charge in [-0.05, 0) is 44.9 Å². The Hall–Kier alpha value is -2.37. The number of carboxylic acid groups (broad SMARTS) is 1. The zero-order valence-electron chi connectivity index (χ0n) is 13.8. The van der Waals surface area contributed by atoms with Crippen molar-refractivity contribution in [2.75, 3.05) is 6.54 Å². The Kier molecular flexibility index (Phi) is 6.75. The molecule has 0 saturated heterocycles. The number of rotatable bonds is 8. The summed E-state index contributed by atoms with van der Waals surface area (Å²) in [6.45, 7) is 6.08. The van der Waals surface area contributed by atoms with Crippen LogP contribution in [-0.2, 0) is 4.79 Å². The standard InChI is InChI=1S/C17H24N2O4/c1-4-10-18-15(22)12-6-5-7-13(11-12)16(23)19-17(2,3)9-8-14(20)21/h5-7,11H,4,8-10H2,1-3H3,(H,18,22)(H,19,23)(H,20,21). The summed E-state index contributed by atoms with van der Waals surface area (Å²) in [5.74, 6) is -1.45. The van der Waals surface area contributed by atoms with Gasteiger partial charge in [0.15, 0.2) is 0 Å². The van der Waals surface area contributed by atoms with E-state index < -0.39 is 11.5 Å². The summed E-state index contributed by atoms with van der Waals surface area (Å²) < 4.78 is 0. The van der Waals surface area contributed by atoms with Crippen LogP contribution in [0.4, 0.5) is 0 Å². The van der Waals surface area contributed by atoms with Crippen LogP contribution in [0.2, 0.25) is 0 Å². The van der Waals surface area contributed by atoms with Gasteiger partial charge in [-0.1, -0.05) is 13.0 Å². The van der Waals surface area contributed by atoms with Crippen LogP contribution in [-0.4, -0.2) is 35.0 Å². The van der Waals surface area contributed by atoms with Gasteiger partial charge in [0.1, 0.15) is 0 Å². The van der Waals surface area contributed by atoms with Gasteiger partial charge >= 0.3 is 5.97 Å². The lowest BCUT2D eigenvalue weighted by Gasteiger charge is -2.25. The Morgan fingerprint density at radius 1 is 1.13 bits per heavy atom. The number of carbonyl (C=O) groups excluding carboxylic acids is 2. The fraction of sp³-hybridized carbons (Fsp3) is 0.471. The lowest BCUT2D eigenvalue weighted by molar-refractivity contribution is -0.137. The van der Waals surface area contributed by atoms with Crippen molar-refractivity contribution < 1.29 is 19.5 Å². The molecule has 2 amide bonds. The summed E-state index contributed by atoms with van der Waals surface area (Å²) in [4.78, 5) is 34.9. The Morgan fingerprint density at radius 3 is 2.30 bits per heavy atom. The number of carbonyl (C=O) groups is 3. The third kappa shape index (κ3) is 6.50. The first-order valence-corrected chi connectivity index (χ1v) is 7.68. The molecular formula is C17H24N2O4. The van der Waals surface area contributed by atoms with Crippen molar-refractivity contribution in [2.45, 2.75) is 45.6 Å². The Bertz CT molecular complexity index is 582. The quantitative estimate of drug-likeness (QED) is 0.684. The molecule has 0 aliphatic heterocycles. The van der Waals surface area contributed by atoms with Crippen LogP contribution in [0, 0.1) is 0 Å². The van der Waals surface area contributed by atoms with Crippen molar-refractivity contribution in [1.82, 2.24) is 10.6 Å². The smallest absolute Gasteiger partial charge is 0.303 e. The van der Waals surface area contributed by atoms with E-state index in [0.717, 1.165) is 6.42 Å². The Morgan fingerprint density at radius 2 is 1.74 bits per heavy atom. The molecule has 126 valence electrons. The van der Waals surface area contributed by atoms with Crippen LogP contribution < -0.4 is 10.6 Å². The van der Waals surface area contributed by atoms with Crippen LogP contribution in [0.3, 0.4) is 0 Å².